The van der Waals surface area contributed by atoms with Crippen molar-refractivity contribution in [1.82, 2.24) is 9.88 Å². The highest BCUT2D eigenvalue weighted by atomic mass is 16.4. The molecule has 1 aliphatic heterocycles. The van der Waals surface area contributed by atoms with Gasteiger partial charge in [-0.1, -0.05) is 63.2 Å². The van der Waals surface area contributed by atoms with Crippen molar-refractivity contribution in [2.45, 2.75) is 32.7 Å². The molecule has 1 atom stereocenters. The summed E-state index contributed by atoms with van der Waals surface area (Å²) in [6, 6.07) is 20.6. The van der Waals surface area contributed by atoms with Crippen LogP contribution in [0.4, 0.5) is 22.0 Å². The Balaban J connectivity index is 1.60. The number of aromatic nitrogens is 1. The van der Waals surface area contributed by atoms with E-state index in [1.165, 1.54) is 0 Å². The zero-order valence-electron chi connectivity index (χ0n) is 20.9. The Morgan fingerprint density at radius 1 is 1.03 bits per heavy atom. The van der Waals surface area contributed by atoms with Crippen LogP contribution < -0.4 is 16.0 Å². The van der Waals surface area contributed by atoms with E-state index in [4.69, 9.17) is 5.73 Å². The van der Waals surface area contributed by atoms with E-state index in [1.807, 2.05) is 36.4 Å². The second kappa shape index (κ2) is 9.89. The molecule has 36 heavy (non-hydrogen) atoms. The number of nitrogens with zero attached hydrogens (tertiary/aromatic N) is 3. The van der Waals surface area contributed by atoms with Crippen molar-refractivity contribution in [3.05, 3.63) is 84.1 Å². The van der Waals surface area contributed by atoms with E-state index < -0.39 is 11.6 Å². The summed E-state index contributed by atoms with van der Waals surface area (Å²) in [7, 11) is 0. The molecule has 0 aliphatic carbocycles. The molecule has 0 bridgehead atoms. The van der Waals surface area contributed by atoms with Crippen LogP contribution in [0.3, 0.4) is 0 Å². The molecule has 2 heterocycles. The van der Waals surface area contributed by atoms with Gasteiger partial charge in [-0.05, 0) is 41.7 Å². The molecule has 1 aliphatic rings. The Hall–Kier alpha value is -4.07. The predicted octanol–water partition coefficient (Wildman–Crippen LogP) is 4.74. The van der Waals surface area contributed by atoms with Gasteiger partial charge >= 0.3 is 6.09 Å². The molecule has 0 unspecified atom stereocenters. The summed E-state index contributed by atoms with van der Waals surface area (Å²) in [6.07, 6.45) is 1.21. The van der Waals surface area contributed by atoms with E-state index >= 15 is 0 Å². The van der Waals surface area contributed by atoms with Crippen molar-refractivity contribution in [2.75, 3.05) is 35.6 Å². The Morgan fingerprint density at radius 3 is 2.33 bits per heavy atom. The first kappa shape index (κ1) is 25.0. The number of nitrogens with two attached hydrogens (primary N) is 1. The van der Waals surface area contributed by atoms with Crippen LogP contribution >= 0.6 is 0 Å². The molecule has 2 amide bonds. The van der Waals surface area contributed by atoms with Crippen LogP contribution in [0.5, 0.6) is 0 Å². The minimum Gasteiger partial charge on any atom is -0.465 e. The number of nitrogen functional groups attached to an aromatic ring is 1. The summed E-state index contributed by atoms with van der Waals surface area (Å²) in [5.74, 6) is 0.410. The van der Waals surface area contributed by atoms with Crippen molar-refractivity contribution >= 4 is 29.2 Å². The first-order valence-corrected chi connectivity index (χ1v) is 12.0. The van der Waals surface area contributed by atoms with Crippen LogP contribution in [0.1, 0.15) is 36.7 Å². The molecule has 3 aromatic rings. The number of anilines is 3. The molecule has 0 radical (unpaired) electrons. The lowest BCUT2D eigenvalue weighted by Crippen LogP contribution is -2.70. The average molecular weight is 488 g/mol. The molecule has 1 saturated heterocycles. The van der Waals surface area contributed by atoms with Crippen LogP contribution in [-0.2, 0) is 6.42 Å². The molecule has 1 aromatic heterocycles. The van der Waals surface area contributed by atoms with Crippen molar-refractivity contribution in [2.24, 2.45) is 5.41 Å². The van der Waals surface area contributed by atoms with E-state index in [-0.39, 0.29) is 11.3 Å². The molecular weight excluding hydrogens is 454 g/mol. The molecule has 1 fully saturated rings. The van der Waals surface area contributed by atoms with Crippen LogP contribution in [0.25, 0.3) is 0 Å². The van der Waals surface area contributed by atoms with Gasteiger partial charge in [0.2, 0.25) is 0 Å². The fourth-order valence-electron chi connectivity index (χ4n) is 4.89. The normalized spacial score (nSPS) is 18.1. The minimum absolute atomic E-state index is 0.296. The lowest BCUT2D eigenvalue weighted by atomic mass is 9.67. The summed E-state index contributed by atoms with van der Waals surface area (Å²) in [4.78, 5) is 33.4. The topological polar surface area (TPSA) is 112 Å². The summed E-state index contributed by atoms with van der Waals surface area (Å²) >= 11 is 0. The second-order valence-electron chi connectivity index (χ2n) is 10.2. The Morgan fingerprint density at radius 2 is 1.72 bits per heavy atom. The number of amides is 2. The zero-order chi connectivity index (χ0) is 25.9. The zero-order valence-corrected chi connectivity index (χ0v) is 20.9. The van der Waals surface area contributed by atoms with E-state index in [0.717, 1.165) is 5.56 Å². The maximum Gasteiger partial charge on any atom is 0.407 e. The van der Waals surface area contributed by atoms with Gasteiger partial charge in [-0.15, -0.1) is 0 Å². The predicted molar refractivity (Wildman–Crippen MR) is 142 cm³/mol. The highest BCUT2D eigenvalue weighted by Gasteiger charge is 2.52. The number of rotatable bonds is 5. The van der Waals surface area contributed by atoms with Crippen molar-refractivity contribution in [3.8, 4) is 0 Å². The molecule has 8 nitrogen and oxygen atoms in total. The maximum atomic E-state index is 12.7. The fraction of sp³-hybridized carbons (Fsp3) is 0.321. The van der Waals surface area contributed by atoms with E-state index in [2.05, 4.69) is 36.0 Å². The van der Waals surface area contributed by atoms with Gasteiger partial charge < -0.3 is 21.1 Å². The van der Waals surface area contributed by atoms with Gasteiger partial charge in [0.25, 0.3) is 5.91 Å². The maximum absolute atomic E-state index is 12.7. The first-order chi connectivity index (χ1) is 17.1. The highest BCUT2D eigenvalue weighted by molar-refractivity contribution is 6.05. The van der Waals surface area contributed by atoms with Crippen molar-refractivity contribution in [1.29, 1.82) is 0 Å². The largest absolute Gasteiger partial charge is 0.465 e. The second-order valence-corrected chi connectivity index (χ2v) is 10.2. The van der Waals surface area contributed by atoms with Gasteiger partial charge in [-0.2, -0.15) is 0 Å². The summed E-state index contributed by atoms with van der Waals surface area (Å²) < 4.78 is 0. The number of hydrogen-bond donors (Lipinski definition) is 3. The van der Waals surface area contributed by atoms with Crippen LogP contribution in [0.2, 0.25) is 0 Å². The smallest absolute Gasteiger partial charge is 0.407 e. The van der Waals surface area contributed by atoms with Crippen LogP contribution in [0, 0.1) is 5.41 Å². The van der Waals surface area contributed by atoms with Crippen LogP contribution in [-0.4, -0.2) is 52.2 Å². The number of carbonyl (C=O) groups excluding carboxylic acids is 1. The molecule has 4 rings (SSSR count). The third-order valence-corrected chi connectivity index (χ3v) is 7.07. The van der Waals surface area contributed by atoms with E-state index in [9.17, 15) is 14.7 Å². The Labute approximate surface area is 211 Å². The number of para-hydroxylation sites is 2. The molecule has 2 aromatic carbocycles. The number of carboxylic acid groups (broad SMARTS) is 1. The molecule has 0 spiro atoms. The van der Waals surface area contributed by atoms with Gasteiger partial charge in [0, 0.05) is 25.8 Å². The fourth-order valence-corrected chi connectivity index (χ4v) is 4.89. The molecule has 4 N–H and O–H groups in total. The average Bonchev–Trinajstić information content (AvgIpc) is 2.85. The van der Waals surface area contributed by atoms with E-state index in [1.54, 1.807) is 41.4 Å². The number of piperazine rings is 1. The third-order valence-electron chi connectivity index (χ3n) is 7.07. The Bertz CT molecular complexity index is 1220. The molecule has 8 heteroatoms. The third kappa shape index (κ3) is 4.98. The SMILES string of the molecule is CC(C)(C)[C@@]1(Cc2ccccc2)CN(c2ccc(C(=O)Nc3ccccc3N)cn2)CCN1C(=O)O. The van der Waals surface area contributed by atoms with Gasteiger partial charge in [0.05, 0.1) is 22.5 Å². The molecular formula is C28H33N5O3. The quantitative estimate of drug-likeness (QED) is 0.448. The van der Waals surface area contributed by atoms with Gasteiger partial charge in [-0.25, -0.2) is 9.78 Å². The van der Waals surface area contributed by atoms with Crippen LogP contribution in [0.15, 0.2) is 72.9 Å². The van der Waals surface area contributed by atoms with Gasteiger partial charge in [0.15, 0.2) is 0 Å². The summed E-state index contributed by atoms with van der Waals surface area (Å²) in [5, 5.41) is 13.0. The molecule has 0 saturated carbocycles. The minimum atomic E-state index is -0.916. The van der Waals surface area contributed by atoms with E-state index in [0.29, 0.717) is 48.8 Å². The number of benzene rings is 2. The summed E-state index contributed by atoms with van der Waals surface area (Å²) in [6.45, 7) is 7.62. The first-order valence-electron chi connectivity index (χ1n) is 12.0. The number of hydrogen-bond acceptors (Lipinski definition) is 5. The van der Waals surface area contributed by atoms with Crippen molar-refractivity contribution < 1.29 is 14.7 Å². The standard InChI is InChI=1S/C28H33N5O3/c1-27(2,3)28(17-20-9-5-4-6-10-20)19-32(15-16-33(28)26(35)36)24-14-13-21(18-30-24)25(34)31-23-12-8-7-11-22(23)29/h4-14,18H,15-17,19,29H2,1-3H3,(H,31,34)(H,35,36)/t28-/m1/s1. The Kier molecular flexibility index (Phi) is 6.88. The number of pyridine rings is 1. The highest BCUT2D eigenvalue weighted by Crippen LogP contribution is 2.42. The summed E-state index contributed by atoms with van der Waals surface area (Å²) in [5.41, 5.74) is 7.44. The van der Waals surface area contributed by atoms with Crippen molar-refractivity contribution in [3.63, 3.8) is 0 Å². The number of nitrogens with one attached hydrogen (secondary N) is 1. The monoisotopic (exact) mass is 487 g/mol. The lowest BCUT2D eigenvalue weighted by molar-refractivity contribution is -0.00581. The van der Waals surface area contributed by atoms with Gasteiger partial charge in [0.1, 0.15) is 5.82 Å². The number of carbonyl (C=O) groups is 2. The van der Waals surface area contributed by atoms with Gasteiger partial charge in [-0.3, -0.25) is 9.69 Å². The lowest BCUT2D eigenvalue weighted by Gasteiger charge is -2.56. The molecule has 188 valence electrons.